The van der Waals surface area contributed by atoms with Crippen molar-refractivity contribution in [2.45, 2.75) is 33.2 Å². The predicted octanol–water partition coefficient (Wildman–Crippen LogP) is 3.86. The maximum atomic E-state index is 12.1. The van der Waals surface area contributed by atoms with Crippen LogP contribution in [0.5, 0.6) is 5.75 Å². The number of rotatable bonds is 7. The van der Waals surface area contributed by atoms with Gasteiger partial charge in [0.25, 0.3) is 5.91 Å². The number of nitrogens with one attached hydrogen (secondary N) is 1. The molecule has 3 aromatic rings. The molecule has 0 radical (unpaired) electrons. The molecule has 0 aliphatic rings. The third-order valence-electron chi connectivity index (χ3n) is 4.08. The molecule has 6 heteroatoms. The maximum absolute atomic E-state index is 12.1. The summed E-state index contributed by atoms with van der Waals surface area (Å²) >= 11 is 0. The highest BCUT2D eigenvalue weighted by atomic mass is 16.5. The van der Waals surface area contributed by atoms with E-state index in [1.165, 1.54) is 0 Å². The van der Waals surface area contributed by atoms with Crippen LogP contribution in [0.2, 0.25) is 0 Å². The molecule has 0 aliphatic carbocycles. The molecule has 1 heterocycles. The quantitative estimate of drug-likeness (QED) is 0.688. The molecular formula is C21H23N3O3. The van der Waals surface area contributed by atoms with E-state index in [2.05, 4.69) is 29.3 Å². The minimum absolute atomic E-state index is 0.0669. The lowest BCUT2D eigenvalue weighted by atomic mass is 10.0. The lowest BCUT2D eigenvalue weighted by Crippen LogP contribution is -2.28. The summed E-state index contributed by atoms with van der Waals surface area (Å²) in [5.74, 6) is 1.65. The van der Waals surface area contributed by atoms with Gasteiger partial charge in [-0.05, 0) is 30.5 Å². The van der Waals surface area contributed by atoms with Crippen LogP contribution in [0.1, 0.15) is 36.8 Å². The van der Waals surface area contributed by atoms with Gasteiger partial charge in [-0.1, -0.05) is 61.0 Å². The minimum atomic E-state index is -0.246. The molecule has 0 saturated heterocycles. The summed E-state index contributed by atoms with van der Waals surface area (Å²) < 4.78 is 10.9. The summed E-state index contributed by atoms with van der Waals surface area (Å²) in [5.41, 5.74) is 3.07. The van der Waals surface area contributed by atoms with E-state index in [-0.39, 0.29) is 19.1 Å². The zero-order chi connectivity index (χ0) is 19.2. The Balaban J connectivity index is 1.53. The summed E-state index contributed by atoms with van der Waals surface area (Å²) in [5, 5.41) is 6.70. The normalized spacial score (nSPS) is 10.8. The molecule has 0 unspecified atom stereocenters. The molecular weight excluding hydrogens is 342 g/mol. The second-order valence-electron chi connectivity index (χ2n) is 6.64. The highest BCUT2D eigenvalue weighted by molar-refractivity contribution is 5.77. The third kappa shape index (κ3) is 4.94. The van der Waals surface area contributed by atoms with Crippen LogP contribution >= 0.6 is 0 Å². The lowest BCUT2D eigenvalue weighted by molar-refractivity contribution is -0.123. The number of aromatic nitrogens is 2. The second-order valence-corrected chi connectivity index (χ2v) is 6.64. The Hall–Kier alpha value is -3.15. The molecule has 2 aromatic carbocycles. The average molecular weight is 365 g/mol. The van der Waals surface area contributed by atoms with Crippen molar-refractivity contribution in [1.29, 1.82) is 0 Å². The minimum Gasteiger partial charge on any atom is -0.483 e. The lowest BCUT2D eigenvalue weighted by Gasteiger charge is -2.13. The van der Waals surface area contributed by atoms with Gasteiger partial charge in [-0.2, -0.15) is 4.98 Å². The smallest absolute Gasteiger partial charge is 0.258 e. The number of nitrogens with zero attached hydrogens (tertiary/aromatic N) is 2. The Bertz CT molecular complexity index is 918. The summed E-state index contributed by atoms with van der Waals surface area (Å²) in [4.78, 5) is 16.4. The Morgan fingerprint density at radius 2 is 2.00 bits per heavy atom. The predicted molar refractivity (Wildman–Crippen MR) is 102 cm³/mol. The topological polar surface area (TPSA) is 77.2 Å². The van der Waals surface area contributed by atoms with Gasteiger partial charge in [-0.15, -0.1) is 0 Å². The first-order valence-electron chi connectivity index (χ1n) is 8.91. The van der Waals surface area contributed by atoms with E-state index in [4.69, 9.17) is 9.26 Å². The second kappa shape index (κ2) is 8.49. The van der Waals surface area contributed by atoms with Gasteiger partial charge < -0.3 is 14.6 Å². The van der Waals surface area contributed by atoms with Crippen LogP contribution in [0, 0.1) is 6.92 Å². The van der Waals surface area contributed by atoms with E-state index < -0.39 is 0 Å². The van der Waals surface area contributed by atoms with Gasteiger partial charge in [0, 0.05) is 5.56 Å². The first-order chi connectivity index (χ1) is 13.0. The van der Waals surface area contributed by atoms with Crippen LogP contribution in [0.25, 0.3) is 11.4 Å². The number of carbonyl (C=O) groups excluding carboxylic acids is 1. The molecule has 1 aromatic heterocycles. The standard InChI is InChI=1S/C21H23N3O3/c1-14(2)17-9-4-5-10-18(17)26-13-19(25)22-12-20-23-21(24-27-20)16-8-6-7-15(3)11-16/h4-11,14H,12-13H2,1-3H3,(H,22,25). The monoisotopic (exact) mass is 365 g/mol. The van der Waals surface area contributed by atoms with E-state index in [9.17, 15) is 4.79 Å². The SMILES string of the molecule is Cc1cccc(-c2noc(CNC(=O)COc3ccccc3C(C)C)n2)c1. The van der Waals surface area contributed by atoms with Gasteiger partial charge in [-0.25, -0.2) is 0 Å². The summed E-state index contributed by atoms with van der Waals surface area (Å²) in [7, 11) is 0. The van der Waals surface area contributed by atoms with Crippen LogP contribution in [0.15, 0.2) is 53.1 Å². The molecule has 1 N–H and O–H groups in total. The molecule has 140 valence electrons. The van der Waals surface area contributed by atoms with Gasteiger partial charge in [0.1, 0.15) is 5.75 Å². The zero-order valence-corrected chi connectivity index (χ0v) is 15.7. The van der Waals surface area contributed by atoms with E-state index in [0.717, 1.165) is 22.4 Å². The fourth-order valence-electron chi connectivity index (χ4n) is 2.69. The number of amides is 1. The van der Waals surface area contributed by atoms with Crippen LogP contribution in [0.3, 0.4) is 0 Å². The first-order valence-corrected chi connectivity index (χ1v) is 8.91. The van der Waals surface area contributed by atoms with Crippen LogP contribution in [-0.4, -0.2) is 22.7 Å². The Morgan fingerprint density at radius 1 is 1.19 bits per heavy atom. The molecule has 3 rings (SSSR count). The first kappa shape index (κ1) is 18.6. The fraction of sp³-hybridized carbons (Fsp3) is 0.286. The molecule has 0 bridgehead atoms. The Kier molecular flexibility index (Phi) is 5.86. The molecule has 0 fully saturated rings. The van der Waals surface area contributed by atoms with E-state index >= 15 is 0 Å². The number of hydrogen-bond acceptors (Lipinski definition) is 5. The van der Waals surface area contributed by atoms with Crippen molar-refractivity contribution < 1.29 is 14.1 Å². The van der Waals surface area contributed by atoms with Crippen LogP contribution < -0.4 is 10.1 Å². The van der Waals surface area contributed by atoms with Crippen LogP contribution in [0.4, 0.5) is 0 Å². The Labute approximate surface area is 158 Å². The van der Waals surface area contributed by atoms with E-state index in [0.29, 0.717) is 17.6 Å². The zero-order valence-electron chi connectivity index (χ0n) is 15.7. The molecule has 0 aliphatic heterocycles. The van der Waals surface area contributed by atoms with Gasteiger partial charge in [0.15, 0.2) is 6.61 Å². The van der Waals surface area contributed by atoms with Gasteiger partial charge in [0.05, 0.1) is 6.54 Å². The van der Waals surface area contributed by atoms with Crippen molar-refractivity contribution in [2.75, 3.05) is 6.61 Å². The molecule has 0 spiro atoms. The Morgan fingerprint density at radius 3 is 2.78 bits per heavy atom. The van der Waals surface area contributed by atoms with Crippen molar-refractivity contribution in [2.24, 2.45) is 0 Å². The van der Waals surface area contributed by atoms with Gasteiger partial charge in [0.2, 0.25) is 11.7 Å². The largest absolute Gasteiger partial charge is 0.483 e. The molecule has 27 heavy (non-hydrogen) atoms. The van der Waals surface area contributed by atoms with E-state index in [1.54, 1.807) is 0 Å². The molecule has 1 amide bonds. The van der Waals surface area contributed by atoms with Crippen molar-refractivity contribution >= 4 is 5.91 Å². The fourth-order valence-corrected chi connectivity index (χ4v) is 2.69. The maximum Gasteiger partial charge on any atom is 0.258 e. The van der Waals surface area contributed by atoms with Gasteiger partial charge in [-0.3, -0.25) is 4.79 Å². The summed E-state index contributed by atoms with van der Waals surface area (Å²) in [6, 6.07) is 15.6. The van der Waals surface area contributed by atoms with Crippen molar-refractivity contribution in [1.82, 2.24) is 15.5 Å². The van der Waals surface area contributed by atoms with Crippen LogP contribution in [-0.2, 0) is 11.3 Å². The molecule has 0 atom stereocenters. The molecule has 6 nitrogen and oxygen atoms in total. The third-order valence-corrected chi connectivity index (χ3v) is 4.08. The summed E-state index contributed by atoms with van der Waals surface area (Å²) in [6.45, 7) is 6.27. The highest BCUT2D eigenvalue weighted by Crippen LogP contribution is 2.25. The van der Waals surface area contributed by atoms with E-state index in [1.807, 2.05) is 55.5 Å². The average Bonchev–Trinajstić information content (AvgIpc) is 3.14. The van der Waals surface area contributed by atoms with Crippen molar-refractivity contribution in [3.05, 3.63) is 65.5 Å². The summed E-state index contributed by atoms with van der Waals surface area (Å²) in [6.07, 6.45) is 0. The number of para-hydroxylation sites is 1. The number of carbonyl (C=O) groups is 1. The number of benzene rings is 2. The number of ether oxygens (including phenoxy) is 1. The van der Waals surface area contributed by atoms with Crippen molar-refractivity contribution in [3.63, 3.8) is 0 Å². The number of aryl methyl sites for hydroxylation is 1. The number of hydrogen-bond donors (Lipinski definition) is 1. The highest BCUT2D eigenvalue weighted by Gasteiger charge is 2.12. The molecule has 0 saturated carbocycles. The van der Waals surface area contributed by atoms with Gasteiger partial charge >= 0.3 is 0 Å². The van der Waals surface area contributed by atoms with Crippen molar-refractivity contribution in [3.8, 4) is 17.1 Å².